The summed E-state index contributed by atoms with van der Waals surface area (Å²) in [6, 6.07) is 1.96. The van der Waals surface area contributed by atoms with E-state index in [4.69, 9.17) is 0 Å². The summed E-state index contributed by atoms with van der Waals surface area (Å²) in [6.07, 6.45) is -4.58. The number of halogens is 3. The zero-order chi connectivity index (χ0) is 15.0. The Balaban J connectivity index is 2.34. The summed E-state index contributed by atoms with van der Waals surface area (Å²) in [7, 11) is -3.14. The number of nitrogens with zero attached hydrogens (tertiary/aromatic N) is 2. The molecule has 0 atom stereocenters. The Morgan fingerprint density at radius 1 is 1.25 bits per heavy atom. The molecule has 0 radical (unpaired) electrons. The Bertz CT molecular complexity index is 587. The van der Waals surface area contributed by atoms with Crippen LogP contribution in [-0.2, 0) is 22.6 Å². The zero-order valence-electron chi connectivity index (χ0n) is 10.4. The molecule has 0 unspecified atom stereocenters. The smallest absolute Gasteiger partial charge is 0.392 e. The number of alkyl halides is 3. The van der Waals surface area contributed by atoms with E-state index < -0.39 is 28.3 Å². The number of hydrogen-bond acceptors (Lipinski definition) is 5. The summed E-state index contributed by atoms with van der Waals surface area (Å²) in [4.78, 5) is 4.99. The molecule has 1 N–H and O–H groups in total. The van der Waals surface area contributed by atoms with Crippen molar-refractivity contribution in [1.29, 1.82) is 0 Å². The van der Waals surface area contributed by atoms with Crippen LogP contribution in [0.5, 0.6) is 0 Å². The van der Waals surface area contributed by atoms with Gasteiger partial charge in [-0.05, 0) is 6.07 Å². The fourth-order valence-electron chi connectivity index (χ4n) is 1.96. The summed E-state index contributed by atoms with van der Waals surface area (Å²) in [5.41, 5.74) is -0.810. The van der Waals surface area contributed by atoms with Crippen LogP contribution in [0, 0.1) is 0 Å². The van der Waals surface area contributed by atoms with Crippen molar-refractivity contribution in [2.75, 3.05) is 29.5 Å². The molecule has 112 valence electrons. The molecule has 2 rings (SSSR count). The zero-order valence-corrected chi connectivity index (χ0v) is 11.2. The molecular weight excluding hydrogens is 297 g/mol. The first-order chi connectivity index (χ1) is 9.23. The average Bonchev–Trinajstić information content (AvgIpc) is 2.37. The Hall–Kier alpha value is -1.35. The highest BCUT2D eigenvalue weighted by atomic mass is 32.2. The van der Waals surface area contributed by atoms with Gasteiger partial charge in [0.25, 0.3) is 0 Å². The van der Waals surface area contributed by atoms with E-state index in [2.05, 4.69) is 4.98 Å². The van der Waals surface area contributed by atoms with Gasteiger partial charge in [-0.15, -0.1) is 0 Å². The summed E-state index contributed by atoms with van der Waals surface area (Å²) in [5.74, 6) is -0.261. The van der Waals surface area contributed by atoms with Crippen molar-refractivity contribution in [2.24, 2.45) is 0 Å². The van der Waals surface area contributed by atoms with Gasteiger partial charge >= 0.3 is 6.18 Å². The second kappa shape index (κ2) is 5.21. The van der Waals surface area contributed by atoms with Crippen LogP contribution in [0.4, 0.5) is 19.0 Å². The van der Waals surface area contributed by atoms with Gasteiger partial charge in [0.2, 0.25) is 0 Å². The quantitative estimate of drug-likeness (QED) is 0.876. The third-order valence-corrected chi connectivity index (χ3v) is 4.67. The van der Waals surface area contributed by atoms with Gasteiger partial charge in [-0.1, -0.05) is 6.07 Å². The Labute approximate surface area is 114 Å². The van der Waals surface area contributed by atoms with Gasteiger partial charge in [-0.3, -0.25) is 0 Å². The van der Waals surface area contributed by atoms with Crippen molar-refractivity contribution in [2.45, 2.75) is 12.8 Å². The number of rotatable bonds is 2. The predicted octanol–water partition coefficient (Wildman–Crippen LogP) is 0.827. The molecule has 0 spiro atoms. The molecular formula is C11H13F3N2O3S. The maximum Gasteiger partial charge on any atom is 0.433 e. The van der Waals surface area contributed by atoms with E-state index in [1.54, 1.807) is 0 Å². The van der Waals surface area contributed by atoms with E-state index in [0.717, 1.165) is 12.1 Å². The molecule has 1 aromatic rings. The lowest BCUT2D eigenvalue weighted by Gasteiger charge is -2.29. The Morgan fingerprint density at radius 2 is 1.85 bits per heavy atom. The van der Waals surface area contributed by atoms with Gasteiger partial charge in [0.1, 0.15) is 11.5 Å². The van der Waals surface area contributed by atoms with Gasteiger partial charge in [0, 0.05) is 18.7 Å². The van der Waals surface area contributed by atoms with E-state index in [1.165, 1.54) is 4.90 Å². The van der Waals surface area contributed by atoms with Crippen molar-refractivity contribution in [3.63, 3.8) is 0 Å². The Morgan fingerprint density at radius 3 is 2.35 bits per heavy atom. The third kappa shape index (κ3) is 3.21. The third-order valence-electron chi connectivity index (χ3n) is 3.06. The van der Waals surface area contributed by atoms with Gasteiger partial charge in [0.15, 0.2) is 9.84 Å². The molecule has 0 bridgehead atoms. The van der Waals surface area contributed by atoms with Crippen LogP contribution in [0.25, 0.3) is 0 Å². The topological polar surface area (TPSA) is 70.5 Å². The number of hydrogen-bond donors (Lipinski definition) is 1. The lowest BCUT2D eigenvalue weighted by atomic mass is 10.2. The van der Waals surface area contributed by atoms with E-state index in [0.29, 0.717) is 0 Å². The highest BCUT2D eigenvalue weighted by Gasteiger charge is 2.34. The van der Waals surface area contributed by atoms with E-state index in [-0.39, 0.29) is 36.0 Å². The van der Waals surface area contributed by atoms with Crippen molar-refractivity contribution in [3.05, 3.63) is 23.4 Å². The fraction of sp³-hybridized carbons (Fsp3) is 0.545. The van der Waals surface area contributed by atoms with Crippen molar-refractivity contribution >= 4 is 15.7 Å². The highest BCUT2D eigenvalue weighted by molar-refractivity contribution is 7.91. The number of aliphatic hydroxyl groups excluding tert-OH is 1. The molecule has 1 saturated heterocycles. The molecule has 2 heterocycles. The monoisotopic (exact) mass is 310 g/mol. The summed E-state index contributed by atoms with van der Waals surface area (Å²) >= 11 is 0. The molecule has 1 aromatic heterocycles. The maximum absolute atomic E-state index is 12.7. The second-order valence-corrected chi connectivity index (χ2v) is 6.78. The average molecular weight is 310 g/mol. The normalized spacial score (nSPS) is 19.1. The fourth-order valence-corrected chi connectivity index (χ4v) is 3.16. The molecule has 0 aliphatic carbocycles. The molecule has 1 fully saturated rings. The first-order valence-electron chi connectivity index (χ1n) is 5.86. The minimum atomic E-state index is -4.58. The van der Waals surface area contributed by atoms with Crippen LogP contribution in [0.3, 0.4) is 0 Å². The van der Waals surface area contributed by atoms with Crippen LogP contribution in [0.1, 0.15) is 11.3 Å². The Kier molecular flexibility index (Phi) is 3.92. The van der Waals surface area contributed by atoms with Crippen LogP contribution in [-0.4, -0.2) is 43.1 Å². The second-order valence-electron chi connectivity index (χ2n) is 4.47. The number of sulfone groups is 1. The van der Waals surface area contributed by atoms with Crippen molar-refractivity contribution < 1.29 is 26.7 Å². The van der Waals surface area contributed by atoms with Gasteiger partial charge in [-0.25, -0.2) is 13.4 Å². The summed E-state index contributed by atoms with van der Waals surface area (Å²) in [6.45, 7) is -0.309. The van der Waals surface area contributed by atoms with Crippen LogP contribution < -0.4 is 4.90 Å². The molecule has 1 aliphatic rings. The lowest BCUT2D eigenvalue weighted by molar-refractivity contribution is -0.141. The lowest BCUT2D eigenvalue weighted by Crippen LogP contribution is -2.41. The first-order valence-corrected chi connectivity index (χ1v) is 7.68. The van der Waals surface area contributed by atoms with Crippen LogP contribution in [0.15, 0.2) is 12.1 Å². The summed E-state index contributed by atoms with van der Waals surface area (Å²) < 4.78 is 60.6. The largest absolute Gasteiger partial charge is 0.433 e. The molecule has 1 aliphatic heterocycles. The van der Waals surface area contributed by atoms with Gasteiger partial charge in [0.05, 0.1) is 18.1 Å². The molecule has 0 amide bonds. The molecule has 20 heavy (non-hydrogen) atoms. The summed E-state index contributed by atoms with van der Waals surface area (Å²) in [5, 5.41) is 9.18. The van der Waals surface area contributed by atoms with Crippen LogP contribution >= 0.6 is 0 Å². The minimum Gasteiger partial charge on any atom is -0.392 e. The minimum absolute atomic E-state index is 0.00257. The van der Waals surface area contributed by atoms with E-state index >= 15 is 0 Å². The number of anilines is 1. The predicted molar refractivity (Wildman–Crippen MR) is 66.0 cm³/mol. The van der Waals surface area contributed by atoms with Gasteiger partial charge < -0.3 is 10.0 Å². The molecule has 5 nitrogen and oxygen atoms in total. The van der Waals surface area contributed by atoms with Crippen molar-refractivity contribution in [1.82, 2.24) is 4.98 Å². The highest BCUT2D eigenvalue weighted by Crippen LogP contribution is 2.31. The SMILES string of the molecule is O=S1(=O)CCN(c2nc(C(F)(F)F)ccc2CO)CC1. The first kappa shape index (κ1) is 15.0. The number of pyridine rings is 1. The standard InChI is InChI=1S/C11H13F3N2O3S/c12-11(13,14)9-2-1-8(7-17)10(15-9)16-3-5-20(18,19)6-4-16/h1-2,17H,3-7H2. The molecule has 0 saturated carbocycles. The van der Waals surface area contributed by atoms with Gasteiger partial charge in [-0.2, -0.15) is 13.2 Å². The van der Waals surface area contributed by atoms with E-state index in [1.807, 2.05) is 0 Å². The van der Waals surface area contributed by atoms with Crippen molar-refractivity contribution in [3.8, 4) is 0 Å². The number of aliphatic hydroxyl groups is 1. The van der Waals surface area contributed by atoms with Crippen LogP contribution in [0.2, 0.25) is 0 Å². The molecule has 0 aromatic carbocycles. The van der Waals surface area contributed by atoms with E-state index in [9.17, 15) is 26.7 Å². The number of aromatic nitrogens is 1. The maximum atomic E-state index is 12.7. The molecule has 9 heteroatoms.